The fourth-order valence-electron chi connectivity index (χ4n) is 2.32. The van der Waals surface area contributed by atoms with E-state index in [0.717, 1.165) is 5.56 Å². The molecule has 24 heavy (non-hydrogen) atoms. The normalized spacial score (nSPS) is 10.8. The summed E-state index contributed by atoms with van der Waals surface area (Å²) < 4.78 is 14.5. The minimum atomic E-state index is -0.450. The monoisotopic (exact) mass is 345 g/mol. The highest BCUT2D eigenvalue weighted by molar-refractivity contribution is 6.31. The molecular weight excluding hydrogens is 333 g/mol. The number of carbonyl (C=O) groups excluding carboxylic acids is 1. The third kappa shape index (κ3) is 3.28. The molecule has 7 heteroatoms. The minimum absolute atomic E-state index is 0.232. The topological polar surface area (TPSA) is 64.0 Å². The van der Waals surface area contributed by atoms with Crippen LogP contribution < -0.4 is 10.9 Å². The second-order valence-electron chi connectivity index (χ2n) is 5.35. The van der Waals surface area contributed by atoms with Gasteiger partial charge in [-0.3, -0.25) is 14.2 Å². The number of carbonyl (C=O) groups is 1. The molecule has 0 saturated heterocycles. The van der Waals surface area contributed by atoms with Crippen LogP contribution in [-0.2, 0) is 11.3 Å². The van der Waals surface area contributed by atoms with Crippen molar-refractivity contribution < 1.29 is 9.18 Å². The molecule has 3 rings (SSSR count). The van der Waals surface area contributed by atoms with Crippen LogP contribution in [0.15, 0.2) is 47.5 Å². The van der Waals surface area contributed by atoms with E-state index < -0.39 is 11.7 Å². The van der Waals surface area contributed by atoms with Crippen LogP contribution in [-0.4, -0.2) is 15.5 Å². The van der Waals surface area contributed by atoms with E-state index >= 15 is 0 Å². The molecule has 5 nitrogen and oxygen atoms in total. The van der Waals surface area contributed by atoms with Crippen LogP contribution in [0, 0.1) is 12.7 Å². The Bertz CT molecular complexity index is 1000. The molecule has 0 unspecified atom stereocenters. The summed E-state index contributed by atoms with van der Waals surface area (Å²) in [5.74, 6) is -0.899. The highest BCUT2D eigenvalue weighted by Crippen LogP contribution is 2.16. The maximum Gasteiger partial charge on any atom is 0.261 e. The molecule has 3 aromatic rings. The van der Waals surface area contributed by atoms with Gasteiger partial charge < -0.3 is 5.32 Å². The van der Waals surface area contributed by atoms with E-state index in [4.69, 9.17) is 11.6 Å². The van der Waals surface area contributed by atoms with Crippen molar-refractivity contribution in [1.82, 2.24) is 9.55 Å². The van der Waals surface area contributed by atoms with Crippen molar-refractivity contribution >= 4 is 34.1 Å². The van der Waals surface area contributed by atoms with Crippen molar-refractivity contribution in [1.29, 1.82) is 0 Å². The van der Waals surface area contributed by atoms with Crippen molar-refractivity contribution in [3.8, 4) is 0 Å². The highest BCUT2D eigenvalue weighted by atomic mass is 35.5. The largest absolute Gasteiger partial charge is 0.324 e. The van der Waals surface area contributed by atoms with Gasteiger partial charge in [0, 0.05) is 10.7 Å². The average molecular weight is 346 g/mol. The highest BCUT2D eigenvalue weighted by Gasteiger charge is 2.10. The number of rotatable bonds is 3. The van der Waals surface area contributed by atoms with Crippen molar-refractivity contribution in [2.75, 3.05) is 5.32 Å². The van der Waals surface area contributed by atoms with Gasteiger partial charge >= 0.3 is 0 Å². The third-order valence-electron chi connectivity index (χ3n) is 3.57. The van der Waals surface area contributed by atoms with Crippen LogP contribution in [0.3, 0.4) is 0 Å². The maximum absolute atomic E-state index is 13.3. The Hall–Kier alpha value is -2.73. The van der Waals surface area contributed by atoms with Gasteiger partial charge in [0.1, 0.15) is 12.4 Å². The van der Waals surface area contributed by atoms with Gasteiger partial charge in [0.25, 0.3) is 5.56 Å². The number of hydrogen-bond donors (Lipinski definition) is 1. The first-order valence-electron chi connectivity index (χ1n) is 7.15. The molecule has 2 aromatic carbocycles. The van der Waals surface area contributed by atoms with Crippen LogP contribution in [0.1, 0.15) is 5.56 Å². The van der Waals surface area contributed by atoms with Gasteiger partial charge in [-0.1, -0.05) is 17.7 Å². The third-order valence-corrected chi connectivity index (χ3v) is 3.81. The van der Waals surface area contributed by atoms with Crippen molar-refractivity contribution in [2.45, 2.75) is 13.5 Å². The van der Waals surface area contributed by atoms with Gasteiger partial charge in [-0.05, 0) is 42.8 Å². The van der Waals surface area contributed by atoms with E-state index in [2.05, 4.69) is 10.3 Å². The number of aryl methyl sites for hydroxylation is 1. The summed E-state index contributed by atoms with van der Waals surface area (Å²) in [6.07, 6.45) is 1.30. The summed E-state index contributed by atoms with van der Waals surface area (Å²) in [6.45, 7) is 1.52. The Morgan fingerprint density at radius 2 is 2.08 bits per heavy atom. The number of aromatic nitrogens is 2. The zero-order valence-corrected chi connectivity index (χ0v) is 13.5. The van der Waals surface area contributed by atoms with Crippen molar-refractivity contribution in [3.05, 3.63) is 69.5 Å². The molecule has 1 amide bonds. The fraction of sp³-hybridized carbons (Fsp3) is 0.118. The summed E-state index contributed by atoms with van der Waals surface area (Å²) in [6, 6.07) is 8.90. The lowest BCUT2D eigenvalue weighted by molar-refractivity contribution is -0.116. The van der Waals surface area contributed by atoms with Gasteiger partial charge in [-0.25, -0.2) is 9.37 Å². The fourth-order valence-corrected chi connectivity index (χ4v) is 2.49. The van der Waals surface area contributed by atoms with Gasteiger partial charge in [-0.15, -0.1) is 0 Å². The molecule has 1 aromatic heterocycles. The predicted octanol–water partition coefficient (Wildman–Crippen LogP) is 3.14. The van der Waals surface area contributed by atoms with E-state index in [1.54, 1.807) is 25.1 Å². The summed E-state index contributed by atoms with van der Waals surface area (Å²) >= 11 is 5.90. The Morgan fingerprint density at radius 1 is 1.29 bits per heavy atom. The molecule has 0 aliphatic heterocycles. The van der Waals surface area contributed by atoms with E-state index in [1.807, 2.05) is 0 Å². The molecule has 0 saturated carbocycles. The molecule has 1 heterocycles. The Labute approximate surface area is 141 Å². The Kier molecular flexibility index (Phi) is 4.31. The zero-order valence-electron chi connectivity index (χ0n) is 12.7. The number of amides is 1. The van der Waals surface area contributed by atoms with Gasteiger partial charge in [0.2, 0.25) is 5.91 Å². The first kappa shape index (κ1) is 16.1. The number of anilines is 1. The van der Waals surface area contributed by atoms with E-state index in [0.29, 0.717) is 21.6 Å². The van der Waals surface area contributed by atoms with Crippen molar-refractivity contribution in [2.24, 2.45) is 0 Å². The molecule has 0 spiro atoms. The Balaban J connectivity index is 1.87. The molecule has 0 bridgehead atoms. The number of nitrogens with one attached hydrogen (secondary N) is 1. The first-order chi connectivity index (χ1) is 11.4. The summed E-state index contributed by atoms with van der Waals surface area (Å²) in [4.78, 5) is 28.7. The van der Waals surface area contributed by atoms with Crippen LogP contribution in [0.25, 0.3) is 10.9 Å². The molecular formula is C17H13ClFN3O2. The second-order valence-corrected chi connectivity index (χ2v) is 5.78. The van der Waals surface area contributed by atoms with Crippen molar-refractivity contribution in [3.63, 3.8) is 0 Å². The SMILES string of the molecule is Cc1ccc(F)cc1NC(=O)Cn1cnc2ccc(Cl)cc2c1=O. The predicted molar refractivity (Wildman–Crippen MR) is 90.8 cm³/mol. The van der Waals surface area contributed by atoms with Crippen LogP contribution in [0.4, 0.5) is 10.1 Å². The van der Waals surface area contributed by atoms with Crippen LogP contribution in [0.2, 0.25) is 5.02 Å². The summed E-state index contributed by atoms with van der Waals surface area (Å²) in [7, 11) is 0. The molecule has 122 valence electrons. The minimum Gasteiger partial charge on any atom is -0.324 e. The smallest absolute Gasteiger partial charge is 0.261 e. The van der Waals surface area contributed by atoms with E-state index in [9.17, 15) is 14.0 Å². The lowest BCUT2D eigenvalue weighted by Gasteiger charge is -2.10. The standard InChI is InChI=1S/C17H13ClFN3O2/c1-10-2-4-12(19)7-15(10)21-16(23)8-22-9-20-14-5-3-11(18)6-13(14)17(22)24/h2-7,9H,8H2,1H3,(H,21,23). The lowest BCUT2D eigenvalue weighted by Crippen LogP contribution is -2.28. The van der Waals surface area contributed by atoms with E-state index in [-0.39, 0.29) is 12.1 Å². The molecule has 0 aliphatic rings. The molecule has 0 fully saturated rings. The van der Waals surface area contributed by atoms with Gasteiger partial charge in [-0.2, -0.15) is 0 Å². The number of halogens is 2. The van der Waals surface area contributed by atoms with Crippen LogP contribution >= 0.6 is 11.6 Å². The summed E-state index contributed by atoms with van der Waals surface area (Å²) in [5, 5.41) is 3.34. The van der Waals surface area contributed by atoms with E-state index in [1.165, 1.54) is 29.1 Å². The lowest BCUT2D eigenvalue weighted by atomic mass is 10.2. The van der Waals surface area contributed by atoms with Gasteiger partial charge in [0.15, 0.2) is 0 Å². The summed E-state index contributed by atoms with van der Waals surface area (Å²) in [5.41, 5.74) is 1.22. The molecule has 1 N–H and O–H groups in total. The number of fused-ring (bicyclic) bond motifs is 1. The molecule has 0 aliphatic carbocycles. The molecule has 0 radical (unpaired) electrons. The second kappa shape index (κ2) is 6.41. The molecule has 0 atom stereocenters. The number of hydrogen-bond acceptors (Lipinski definition) is 3. The average Bonchev–Trinajstić information content (AvgIpc) is 2.54. The zero-order chi connectivity index (χ0) is 17.3. The first-order valence-corrected chi connectivity index (χ1v) is 7.52. The maximum atomic E-state index is 13.3. The number of nitrogens with zero attached hydrogens (tertiary/aromatic N) is 2. The Morgan fingerprint density at radius 3 is 2.88 bits per heavy atom. The van der Waals surface area contributed by atoms with Gasteiger partial charge in [0.05, 0.1) is 17.2 Å². The van der Waals surface area contributed by atoms with Crippen LogP contribution in [0.5, 0.6) is 0 Å². The quantitative estimate of drug-likeness (QED) is 0.793. The number of benzene rings is 2.